The number of para-hydroxylation sites is 1. The van der Waals surface area contributed by atoms with Crippen molar-refractivity contribution in [3.05, 3.63) is 85.1 Å². The van der Waals surface area contributed by atoms with E-state index in [1.807, 2.05) is 48.7 Å². The van der Waals surface area contributed by atoms with Gasteiger partial charge in [-0.05, 0) is 34.7 Å². The zero-order chi connectivity index (χ0) is 16.6. The van der Waals surface area contributed by atoms with Gasteiger partial charge in [0.1, 0.15) is 0 Å². The van der Waals surface area contributed by atoms with Gasteiger partial charge in [0.15, 0.2) is 0 Å². The predicted molar refractivity (Wildman–Crippen MR) is 105 cm³/mol. The van der Waals surface area contributed by atoms with Gasteiger partial charge < -0.3 is 4.98 Å². The van der Waals surface area contributed by atoms with Gasteiger partial charge in [0.05, 0.1) is 15.2 Å². The van der Waals surface area contributed by atoms with Gasteiger partial charge in [-0.2, -0.15) is 0 Å². The maximum atomic E-state index is 4.72. The molecular formula is C22H13IrN2S-. The van der Waals surface area contributed by atoms with E-state index in [2.05, 4.69) is 41.4 Å². The van der Waals surface area contributed by atoms with Crippen LogP contribution in [0.25, 0.3) is 42.8 Å². The molecule has 0 amide bonds. The number of hydrogen-bond donors (Lipinski definition) is 0. The van der Waals surface area contributed by atoms with Crippen molar-refractivity contribution in [3.63, 3.8) is 0 Å². The molecule has 5 aromatic rings. The third-order valence-electron chi connectivity index (χ3n) is 4.28. The summed E-state index contributed by atoms with van der Waals surface area (Å²) in [4.78, 5) is 9.29. The van der Waals surface area contributed by atoms with Crippen molar-refractivity contribution in [2.75, 3.05) is 0 Å². The van der Waals surface area contributed by atoms with E-state index in [0.29, 0.717) is 0 Å². The van der Waals surface area contributed by atoms with Crippen LogP contribution in [0.3, 0.4) is 0 Å². The van der Waals surface area contributed by atoms with E-state index in [4.69, 9.17) is 4.98 Å². The van der Waals surface area contributed by atoms with E-state index in [1.54, 1.807) is 11.3 Å². The Bertz CT molecular complexity index is 1160. The molecule has 0 aliphatic heterocycles. The maximum Gasteiger partial charge on any atom is 0.0827 e. The average Bonchev–Trinajstić information content (AvgIpc) is 3.12. The second-order valence-electron chi connectivity index (χ2n) is 5.86. The Kier molecular flexibility index (Phi) is 4.64. The fraction of sp³-hybridized carbons (Fsp3) is 0. The standard InChI is InChI=1S/C22H13N2S.Ir/c1-2-6-18-15(5-1)13-14-23-21(18)16-9-11-17(12-10-16)22-24-19-7-3-4-8-20(19)25-22;/h1-9,11-14H;/q-1;. The van der Waals surface area contributed by atoms with Crippen molar-refractivity contribution in [3.8, 4) is 21.8 Å². The average molecular weight is 530 g/mol. The van der Waals surface area contributed by atoms with E-state index >= 15 is 0 Å². The Balaban J connectivity index is 0.00000168. The molecule has 127 valence electrons. The topological polar surface area (TPSA) is 25.8 Å². The Hall–Kier alpha value is -2.39. The fourth-order valence-corrected chi connectivity index (χ4v) is 4.00. The summed E-state index contributed by atoms with van der Waals surface area (Å²) in [5, 5.41) is 3.36. The number of rotatable bonds is 2. The zero-order valence-corrected chi connectivity index (χ0v) is 16.9. The minimum absolute atomic E-state index is 0. The number of aromatic nitrogens is 2. The molecule has 0 aliphatic rings. The zero-order valence-electron chi connectivity index (χ0n) is 13.6. The van der Waals surface area contributed by atoms with Gasteiger partial charge in [0, 0.05) is 26.3 Å². The van der Waals surface area contributed by atoms with Crippen molar-refractivity contribution in [1.29, 1.82) is 0 Å². The van der Waals surface area contributed by atoms with Crippen molar-refractivity contribution >= 4 is 32.3 Å². The van der Waals surface area contributed by atoms with Crippen LogP contribution < -0.4 is 0 Å². The molecule has 3 aromatic carbocycles. The predicted octanol–water partition coefficient (Wildman–Crippen LogP) is 5.98. The number of pyridine rings is 1. The first-order valence-corrected chi connectivity index (χ1v) is 8.92. The van der Waals surface area contributed by atoms with Crippen LogP contribution in [0, 0.1) is 6.07 Å². The maximum absolute atomic E-state index is 4.72. The van der Waals surface area contributed by atoms with Crippen LogP contribution in [-0.2, 0) is 20.1 Å². The molecule has 0 saturated heterocycles. The second kappa shape index (κ2) is 7.08. The Labute approximate surface area is 168 Å². The van der Waals surface area contributed by atoms with Crippen LogP contribution in [0.4, 0.5) is 0 Å². The van der Waals surface area contributed by atoms with E-state index in [0.717, 1.165) is 32.7 Å². The van der Waals surface area contributed by atoms with E-state index in [1.165, 1.54) is 10.1 Å². The molecule has 5 rings (SSSR count). The first-order valence-electron chi connectivity index (χ1n) is 8.10. The van der Waals surface area contributed by atoms with Crippen molar-refractivity contribution in [2.45, 2.75) is 0 Å². The molecule has 26 heavy (non-hydrogen) atoms. The summed E-state index contributed by atoms with van der Waals surface area (Å²) in [5.74, 6) is 0. The summed E-state index contributed by atoms with van der Waals surface area (Å²) in [5.41, 5.74) is 4.10. The van der Waals surface area contributed by atoms with Crippen LogP contribution in [0.15, 0.2) is 79.0 Å². The molecule has 4 heteroatoms. The minimum Gasteiger partial charge on any atom is -0.304 e. The van der Waals surface area contributed by atoms with Crippen LogP contribution in [0.5, 0.6) is 0 Å². The third kappa shape index (κ3) is 2.97. The van der Waals surface area contributed by atoms with Crippen LogP contribution in [0.2, 0.25) is 0 Å². The molecule has 0 N–H and O–H groups in total. The molecule has 0 saturated carbocycles. The number of benzene rings is 3. The molecule has 2 nitrogen and oxygen atoms in total. The largest absolute Gasteiger partial charge is 0.304 e. The molecule has 0 fully saturated rings. The summed E-state index contributed by atoms with van der Waals surface area (Å²) in [6.45, 7) is 0. The van der Waals surface area contributed by atoms with Crippen LogP contribution in [-0.4, -0.2) is 9.97 Å². The van der Waals surface area contributed by atoms with E-state index in [9.17, 15) is 0 Å². The molecule has 2 aromatic heterocycles. The molecular weight excluding hydrogens is 517 g/mol. The van der Waals surface area contributed by atoms with Gasteiger partial charge in [-0.15, -0.1) is 41.2 Å². The molecule has 0 spiro atoms. The van der Waals surface area contributed by atoms with Gasteiger partial charge in [0.2, 0.25) is 0 Å². The number of thiazole rings is 1. The minimum atomic E-state index is 0. The number of nitrogens with zero attached hydrogens (tertiary/aromatic N) is 2. The SMILES string of the molecule is [Ir].[c-]1cc(-c2nc3ccccc3s2)ccc1-c1nccc2ccccc12. The van der Waals surface area contributed by atoms with Crippen LogP contribution >= 0.6 is 11.3 Å². The second-order valence-corrected chi connectivity index (χ2v) is 6.89. The van der Waals surface area contributed by atoms with Gasteiger partial charge in [0.25, 0.3) is 0 Å². The summed E-state index contributed by atoms with van der Waals surface area (Å²) in [6, 6.07) is 28.1. The molecule has 0 bridgehead atoms. The van der Waals surface area contributed by atoms with Gasteiger partial charge in [-0.3, -0.25) is 0 Å². The first-order chi connectivity index (χ1) is 12.4. The summed E-state index contributed by atoms with van der Waals surface area (Å²) in [6.07, 6.45) is 1.85. The molecule has 0 unspecified atom stereocenters. The Morgan fingerprint density at radius 2 is 1.69 bits per heavy atom. The number of hydrogen-bond acceptors (Lipinski definition) is 3. The summed E-state index contributed by atoms with van der Waals surface area (Å²) < 4.78 is 1.21. The molecule has 0 atom stereocenters. The van der Waals surface area contributed by atoms with Gasteiger partial charge in [-0.25, -0.2) is 4.98 Å². The Morgan fingerprint density at radius 1 is 0.846 bits per heavy atom. The van der Waals surface area contributed by atoms with E-state index in [-0.39, 0.29) is 20.1 Å². The Morgan fingerprint density at radius 3 is 2.54 bits per heavy atom. The first kappa shape index (κ1) is 17.0. The molecule has 1 radical (unpaired) electrons. The normalized spacial score (nSPS) is 10.8. The monoisotopic (exact) mass is 530 g/mol. The molecule has 0 aliphatic carbocycles. The van der Waals surface area contributed by atoms with Crippen molar-refractivity contribution in [2.24, 2.45) is 0 Å². The smallest absolute Gasteiger partial charge is 0.0827 e. The summed E-state index contributed by atoms with van der Waals surface area (Å²) >= 11 is 1.71. The van der Waals surface area contributed by atoms with Gasteiger partial charge in [-0.1, -0.05) is 42.0 Å². The fourth-order valence-electron chi connectivity index (χ4n) is 3.04. The van der Waals surface area contributed by atoms with Gasteiger partial charge >= 0.3 is 0 Å². The number of fused-ring (bicyclic) bond motifs is 2. The summed E-state index contributed by atoms with van der Waals surface area (Å²) in [7, 11) is 0. The van der Waals surface area contributed by atoms with Crippen LogP contribution in [0.1, 0.15) is 0 Å². The quantitative estimate of drug-likeness (QED) is 0.263. The van der Waals surface area contributed by atoms with E-state index < -0.39 is 0 Å². The molecule has 2 heterocycles. The van der Waals surface area contributed by atoms with Crippen molar-refractivity contribution < 1.29 is 20.1 Å². The van der Waals surface area contributed by atoms with Crippen molar-refractivity contribution in [1.82, 2.24) is 9.97 Å². The third-order valence-corrected chi connectivity index (χ3v) is 5.37.